The van der Waals surface area contributed by atoms with Crippen molar-refractivity contribution in [2.24, 2.45) is 0 Å². The second kappa shape index (κ2) is 12.0. The first kappa shape index (κ1) is 24.9. The van der Waals surface area contributed by atoms with Gasteiger partial charge in [-0.05, 0) is 50.2 Å². The molecule has 1 aliphatic heterocycles. The van der Waals surface area contributed by atoms with Gasteiger partial charge in [0.2, 0.25) is 0 Å². The third-order valence-electron chi connectivity index (χ3n) is 5.26. The first-order valence-corrected chi connectivity index (χ1v) is 11.8. The van der Waals surface area contributed by atoms with Crippen molar-refractivity contribution >= 4 is 23.6 Å². The fourth-order valence-electron chi connectivity index (χ4n) is 3.62. The molecule has 0 aliphatic carbocycles. The van der Waals surface area contributed by atoms with E-state index in [1.165, 1.54) is 0 Å². The van der Waals surface area contributed by atoms with Crippen LogP contribution in [0.1, 0.15) is 24.3 Å². The van der Waals surface area contributed by atoms with Gasteiger partial charge in [0.05, 0.1) is 26.4 Å². The number of rotatable bonds is 8. The van der Waals surface area contributed by atoms with E-state index >= 15 is 0 Å². The van der Waals surface area contributed by atoms with Crippen LogP contribution in [0.5, 0.6) is 11.5 Å². The molecule has 4 rings (SSSR count). The molecule has 188 valence electrons. The maximum Gasteiger partial charge on any atom is 0.417 e. The highest BCUT2D eigenvalue weighted by Crippen LogP contribution is 2.33. The summed E-state index contributed by atoms with van der Waals surface area (Å²) in [4.78, 5) is 36.2. The molecule has 1 amide bonds. The lowest BCUT2D eigenvalue weighted by atomic mass is 10.2. The van der Waals surface area contributed by atoms with Crippen LogP contribution in [0.2, 0.25) is 0 Å². The molecule has 0 saturated carbocycles. The van der Waals surface area contributed by atoms with E-state index in [4.69, 9.17) is 23.9 Å². The summed E-state index contributed by atoms with van der Waals surface area (Å²) in [5, 5.41) is 2.66. The van der Waals surface area contributed by atoms with Crippen LogP contribution in [-0.4, -0.2) is 61.5 Å². The first-order valence-electron chi connectivity index (χ1n) is 11.8. The Kier molecular flexibility index (Phi) is 8.30. The lowest BCUT2D eigenvalue weighted by molar-refractivity contribution is 0.0514. The number of ether oxygens (including phenoxy) is 4. The summed E-state index contributed by atoms with van der Waals surface area (Å²) in [6.45, 7) is 6.38. The predicted octanol–water partition coefficient (Wildman–Crippen LogP) is 4.17. The van der Waals surface area contributed by atoms with Crippen LogP contribution >= 0.6 is 0 Å². The van der Waals surface area contributed by atoms with Crippen LogP contribution in [0.15, 0.2) is 54.6 Å². The van der Waals surface area contributed by atoms with Gasteiger partial charge in [0, 0.05) is 24.3 Å². The Morgan fingerprint density at radius 3 is 2.36 bits per heavy atom. The fourth-order valence-corrected chi connectivity index (χ4v) is 3.62. The Morgan fingerprint density at radius 2 is 1.69 bits per heavy atom. The number of aromatic nitrogens is 2. The summed E-state index contributed by atoms with van der Waals surface area (Å²) in [7, 11) is 0. The number of esters is 1. The van der Waals surface area contributed by atoms with Crippen LogP contribution in [0.25, 0.3) is 11.4 Å². The average Bonchev–Trinajstić information content (AvgIpc) is 2.90. The van der Waals surface area contributed by atoms with E-state index < -0.39 is 12.1 Å². The number of hydrogen-bond donors (Lipinski definition) is 1. The number of carbonyl (C=O) groups excluding carboxylic acids is 2. The summed E-state index contributed by atoms with van der Waals surface area (Å²) < 4.78 is 21.9. The van der Waals surface area contributed by atoms with Gasteiger partial charge in [-0.25, -0.2) is 19.6 Å². The van der Waals surface area contributed by atoms with Crippen molar-refractivity contribution in [3.63, 3.8) is 0 Å². The zero-order valence-corrected chi connectivity index (χ0v) is 20.2. The summed E-state index contributed by atoms with van der Waals surface area (Å²) in [5.74, 6) is 0.881. The molecule has 36 heavy (non-hydrogen) atoms. The minimum atomic E-state index is -0.606. The Hall–Kier alpha value is -4.18. The van der Waals surface area contributed by atoms with E-state index in [0.29, 0.717) is 67.3 Å². The van der Waals surface area contributed by atoms with E-state index in [9.17, 15) is 9.59 Å². The predicted molar refractivity (Wildman–Crippen MR) is 134 cm³/mol. The standard InChI is InChI=1S/C26H28N4O6/c1-3-34-22-21(25(31)35-4-2)28-23(29-24(22)30-14-16-33-17-15-30)18-10-12-20(13-11-18)36-26(32)27-19-8-6-5-7-9-19/h5-13H,3-4,14-17H2,1-2H3,(H,27,32). The van der Waals surface area contributed by atoms with E-state index in [0.717, 1.165) is 0 Å². The molecule has 0 spiro atoms. The fraction of sp³-hybridized carbons (Fsp3) is 0.308. The molecule has 0 atom stereocenters. The van der Waals surface area contributed by atoms with Crippen LogP contribution in [-0.2, 0) is 9.47 Å². The maximum absolute atomic E-state index is 12.8. The number of hydrogen-bond acceptors (Lipinski definition) is 9. The summed E-state index contributed by atoms with van der Waals surface area (Å²) >= 11 is 0. The summed E-state index contributed by atoms with van der Waals surface area (Å²) in [5.41, 5.74) is 1.32. The zero-order chi connectivity index (χ0) is 25.3. The lowest BCUT2D eigenvalue weighted by Gasteiger charge is -2.29. The third kappa shape index (κ3) is 6.08. The highest BCUT2D eigenvalue weighted by atomic mass is 16.6. The second-order valence-electron chi connectivity index (χ2n) is 7.71. The average molecular weight is 493 g/mol. The molecule has 10 heteroatoms. The summed E-state index contributed by atoms with van der Waals surface area (Å²) in [6, 6.07) is 15.7. The number of para-hydroxylation sites is 1. The minimum absolute atomic E-state index is 0.0627. The van der Waals surface area contributed by atoms with Crippen molar-refractivity contribution in [2.45, 2.75) is 13.8 Å². The van der Waals surface area contributed by atoms with Gasteiger partial charge >= 0.3 is 12.1 Å². The van der Waals surface area contributed by atoms with Crippen molar-refractivity contribution in [1.82, 2.24) is 9.97 Å². The molecular formula is C26H28N4O6. The van der Waals surface area contributed by atoms with Gasteiger partial charge in [0.15, 0.2) is 23.1 Å². The molecular weight excluding hydrogens is 464 g/mol. The normalized spacial score (nSPS) is 13.1. The molecule has 1 fully saturated rings. The Morgan fingerprint density at radius 1 is 0.972 bits per heavy atom. The van der Waals surface area contributed by atoms with Crippen molar-refractivity contribution in [1.29, 1.82) is 0 Å². The van der Waals surface area contributed by atoms with Crippen molar-refractivity contribution in [3.05, 3.63) is 60.3 Å². The van der Waals surface area contributed by atoms with Gasteiger partial charge in [0.1, 0.15) is 5.75 Å². The highest BCUT2D eigenvalue weighted by molar-refractivity contribution is 5.93. The van der Waals surface area contributed by atoms with Gasteiger partial charge in [-0.3, -0.25) is 5.32 Å². The van der Waals surface area contributed by atoms with Gasteiger partial charge in [-0.2, -0.15) is 0 Å². The lowest BCUT2D eigenvalue weighted by Crippen LogP contribution is -2.37. The minimum Gasteiger partial charge on any atom is -0.488 e. The van der Waals surface area contributed by atoms with Crippen molar-refractivity contribution in [2.75, 3.05) is 49.7 Å². The number of nitrogens with zero attached hydrogens (tertiary/aromatic N) is 3. The smallest absolute Gasteiger partial charge is 0.417 e. The molecule has 3 aromatic rings. The van der Waals surface area contributed by atoms with Crippen LogP contribution < -0.4 is 19.7 Å². The molecule has 0 unspecified atom stereocenters. The molecule has 10 nitrogen and oxygen atoms in total. The molecule has 1 aromatic heterocycles. The number of morpholine rings is 1. The molecule has 1 saturated heterocycles. The Bertz CT molecular complexity index is 1180. The largest absolute Gasteiger partial charge is 0.488 e. The number of amides is 1. The quantitative estimate of drug-likeness (QED) is 0.463. The van der Waals surface area contributed by atoms with E-state index in [-0.39, 0.29) is 12.3 Å². The third-order valence-corrected chi connectivity index (χ3v) is 5.26. The number of benzene rings is 2. The SMILES string of the molecule is CCOC(=O)c1nc(-c2ccc(OC(=O)Nc3ccccc3)cc2)nc(N2CCOCC2)c1OCC. The van der Waals surface area contributed by atoms with Gasteiger partial charge in [-0.1, -0.05) is 18.2 Å². The van der Waals surface area contributed by atoms with E-state index in [2.05, 4.69) is 10.3 Å². The zero-order valence-electron chi connectivity index (χ0n) is 20.2. The van der Waals surface area contributed by atoms with Crippen LogP contribution in [0.4, 0.5) is 16.3 Å². The number of anilines is 2. The molecule has 2 aromatic carbocycles. The monoisotopic (exact) mass is 492 g/mol. The van der Waals surface area contributed by atoms with Crippen LogP contribution in [0.3, 0.4) is 0 Å². The van der Waals surface area contributed by atoms with Crippen molar-refractivity contribution < 1.29 is 28.5 Å². The number of carbonyl (C=O) groups is 2. The maximum atomic E-state index is 12.8. The summed E-state index contributed by atoms with van der Waals surface area (Å²) in [6.07, 6.45) is -0.606. The van der Waals surface area contributed by atoms with E-state index in [1.54, 1.807) is 43.3 Å². The highest BCUT2D eigenvalue weighted by Gasteiger charge is 2.27. The van der Waals surface area contributed by atoms with Gasteiger partial charge in [-0.15, -0.1) is 0 Å². The van der Waals surface area contributed by atoms with Crippen LogP contribution in [0, 0.1) is 0 Å². The topological polar surface area (TPSA) is 112 Å². The Labute approximate surface area is 209 Å². The molecule has 1 aliphatic rings. The van der Waals surface area contributed by atoms with Gasteiger partial charge in [0.25, 0.3) is 0 Å². The molecule has 0 radical (unpaired) electrons. The number of nitrogens with one attached hydrogen (secondary N) is 1. The second-order valence-corrected chi connectivity index (χ2v) is 7.71. The molecule has 0 bridgehead atoms. The first-order chi connectivity index (χ1) is 17.6. The van der Waals surface area contributed by atoms with Gasteiger partial charge < -0.3 is 23.8 Å². The van der Waals surface area contributed by atoms with E-state index in [1.807, 2.05) is 30.0 Å². The molecule has 1 N–H and O–H groups in total. The molecule has 2 heterocycles. The van der Waals surface area contributed by atoms with Crippen molar-refractivity contribution in [3.8, 4) is 22.9 Å². The Balaban J connectivity index is 1.62.